The Bertz CT molecular complexity index is 1030. The molecule has 1 aliphatic carbocycles. The lowest BCUT2D eigenvalue weighted by atomic mass is 9.78. The van der Waals surface area contributed by atoms with E-state index in [0.717, 1.165) is 44.1 Å². The highest BCUT2D eigenvalue weighted by Gasteiger charge is 2.41. The molecule has 4 rings (SSSR count). The molecule has 3 N–H and O–H groups in total. The van der Waals surface area contributed by atoms with Gasteiger partial charge < -0.3 is 30.0 Å². The number of piperidine rings is 2. The van der Waals surface area contributed by atoms with E-state index in [2.05, 4.69) is 66.0 Å². The molecule has 2 aliphatic heterocycles. The summed E-state index contributed by atoms with van der Waals surface area (Å²) in [7, 11) is 0. The number of halogens is 1. The molecular weight excluding hydrogens is 523 g/mol. The predicted octanol–water partition coefficient (Wildman–Crippen LogP) is 5.97. The van der Waals surface area contributed by atoms with Gasteiger partial charge in [0.25, 0.3) is 0 Å². The third kappa shape index (κ3) is 9.12. The van der Waals surface area contributed by atoms with Crippen LogP contribution in [-0.2, 0) is 14.3 Å². The number of hydrogen-bond acceptors (Lipinski definition) is 7. The number of hydrogen-bond donors (Lipinski definition) is 3. The Balaban J connectivity index is 1.24. The molecule has 0 aromatic heterocycles. The van der Waals surface area contributed by atoms with Crippen LogP contribution in [0, 0.1) is 11.7 Å². The van der Waals surface area contributed by atoms with Crippen molar-refractivity contribution >= 4 is 5.97 Å². The molecular formula is C33H53FN2O5. The van der Waals surface area contributed by atoms with E-state index in [9.17, 15) is 14.3 Å². The van der Waals surface area contributed by atoms with Crippen molar-refractivity contribution in [1.82, 2.24) is 10.6 Å². The van der Waals surface area contributed by atoms with E-state index in [1.807, 2.05) is 6.07 Å². The maximum absolute atomic E-state index is 15.0. The molecule has 1 aromatic carbocycles. The van der Waals surface area contributed by atoms with Crippen LogP contribution in [0.1, 0.15) is 118 Å². The molecule has 41 heavy (non-hydrogen) atoms. The first kappa shape index (κ1) is 32.2. The number of rotatable bonds is 8. The fraction of sp³-hybridized carbons (Fsp3) is 0.788. The molecule has 1 unspecified atom stereocenters. The topological polar surface area (TPSA) is 89.1 Å². The molecule has 232 valence electrons. The zero-order valence-corrected chi connectivity index (χ0v) is 26.4. The minimum Gasteiger partial charge on any atom is -0.479 e. The first-order chi connectivity index (χ1) is 18.9. The first-order valence-corrected chi connectivity index (χ1v) is 15.4. The maximum atomic E-state index is 15.0. The second-order valence-corrected chi connectivity index (χ2v) is 15.5. The Morgan fingerprint density at radius 1 is 0.878 bits per heavy atom. The minimum atomic E-state index is -0.778. The quantitative estimate of drug-likeness (QED) is 0.259. The van der Waals surface area contributed by atoms with Crippen LogP contribution in [0.5, 0.6) is 5.75 Å². The average molecular weight is 577 g/mol. The van der Waals surface area contributed by atoms with Crippen LogP contribution in [0.2, 0.25) is 0 Å². The zero-order chi connectivity index (χ0) is 30.2. The lowest BCUT2D eigenvalue weighted by Crippen LogP contribution is -2.60. The largest absolute Gasteiger partial charge is 0.479 e. The van der Waals surface area contributed by atoms with E-state index in [1.54, 1.807) is 6.07 Å². The highest BCUT2D eigenvalue weighted by molar-refractivity contribution is 5.71. The normalized spacial score (nSPS) is 28.5. The second kappa shape index (κ2) is 12.1. The predicted molar refractivity (Wildman–Crippen MR) is 158 cm³/mol. The summed E-state index contributed by atoms with van der Waals surface area (Å²) >= 11 is 0. The van der Waals surface area contributed by atoms with Crippen LogP contribution in [0.4, 0.5) is 4.39 Å². The third-order valence-corrected chi connectivity index (χ3v) is 8.88. The van der Waals surface area contributed by atoms with Gasteiger partial charge in [-0.2, -0.15) is 0 Å². The molecule has 1 atom stereocenters. The number of aliphatic hydroxyl groups is 1. The van der Waals surface area contributed by atoms with Gasteiger partial charge in [0.05, 0.1) is 6.10 Å². The van der Waals surface area contributed by atoms with Crippen molar-refractivity contribution in [2.75, 3.05) is 6.61 Å². The summed E-state index contributed by atoms with van der Waals surface area (Å²) in [6.07, 6.45) is 5.58. The Hall–Kier alpha value is -1.74. The fourth-order valence-electron chi connectivity index (χ4n) is 7.93. The molecule has 3 fully saturated rings. The van der Waals surface area contributed by atoms with E-state index in [0.29, 0.717) is 12.8 Å². The van der Waals surface area contributed by atoms with Crippen LogP contribution >= 0.6 is 0 Å². The van der Waals surface area contributed by atoms with Gasteiger partial charge in [-0.1, -0.05) is 6.07 Å². The zero-order valence-electron chi connectivity index (χ0n) is 26.4. The fourth-order valence-corrected chi connectivity index (χ4v) is 7.93. The number of esters is 1. The van der Waals surface area contributed by atoms with Crippen LogP contribution in [0.25, 0.3) is 0 Å². The SMILES string of the molecule is CC1(C)CC(OC(=O)COc2ccc(C3CCC(C(O)OC4CC(C)(C)NC(C)(C)C4)CC3)cc2F)CC(C)(C)N1. The number of ether oxygens (including phenoxy) is 3. The Morgan fingerprint density at radius 2 is 1.39 bits per heavy atom. The summed E-state index contributed by atoms with van der Waals surface area (Å²) in [6.45, 7) is 16.8. The molecule has 7 nitrogen and oxygen atoms in total. The highest BCUT2D eigenvalue weighted by Crippen LogP contribution is 2.40. The number of carbonyl (C=O) groups excluding carboxylic acids is 1. The lowest BCUT2D eigenvalue weighted by Gasteiger charge is -2.47. The summed E-state index contributed by atoms with van der Waals surface area (Å²) < 4.78 is 32.3. The summed E-state index contributed by atoms with van der Waals surface area (Å²) in [6, 6.07) is 5.02. The number of nitrogens with one attached hydrogen (secondary N) is 2. The maximum Gasteiger partial charge on any atom is 0.344 e. The van der Waals surface area contributed by atoms with Gasteiger partial charge in [-0.3, -0.25) is 0 Å². The van der Waals surface area contributed by atoms with Crippen LogP contribution in [0.3, 0.4) is 0 Å². The Kier molecular flexibility index (Phi) is 9.50. The van der Waals surface area contributed by atoms with E-state index < -0.39 is 18.1 Å². The monoisotopic (exact) mass is 576 g/mol. The summed E-state index contributed by atoms with van der Waals surface area (Å²) in [4.78, 5) is 12.5. The van der Waals surface area contributed by atoms with Crippen molar-refractivity contribution < 1.29 is 28.5 Å². The van der Waals surface area contributed by atoms with Crippen molar-refractivity contribution in [1.29, 1.82) is 0 Å². The van der Waals surface area contributed by atoms with Crippen molar-refractivity contribution in [2.24, 2.45) is 5.92 Å². The second-order valence-electron chi connectivity index (χ2n) is 15.5. The van der Waals surface area contributed by atoms with E-state index in [4.69, 9.17) is 14.2 Å². The number of benzene rings is 1. The summed E-state index contributed by atoms with van der Waals surface area (Å²) in [5.74, 6) is -0.594. The molecule has 3 aliphatic rings. The standard InChI is InChI=1S/C33H53FN2O5/c1-30(2)16-24(17-31(3,4)35-30)40-28(37)20-39-27-14-13-23(15-26(27)34)21-9-11-22(12-10-21)29(38)41-25-18-32(5,6)36-33(7,8)19-25/h13-15,21-22,24-25,29,35-36,38H,9-12,16-20H2,1-8H3. The minimum absolute atomic E-state index is 0.0197. The Labute approximate surface area is 246 Å². The molecule has 8 heteroatoms. The average Bonchev–Trinajstić information content (AvgIpc) is 2.79. The molecule has 0 bridgehead atoms. The molecule has 0 amide bonds. The van der Waals surface area contributed by atoms with Gasteiger partial charge in [0.1, 0.15) is 6.10 Å². The number of aliphatic hydroxyl groups excluding tert-OH is 1. The van der Waals surface area contributed by atoms with Gasteiger partial charge in [-0.15, -0.1) is 0 Å². The van der Waals surface area contributed by atoms with E-state index in [-0.39, 0.29) is 58.6 Å². The van der Waals surface area contributed by atoms with Gasteiger partial charge in [-0.05, 0) is 118 Å². The molecule has 0 spiro atoms. The van der Waals surface area contributed by atoms with E-state index >= 15 is 0 Å². The van der Waals surface area contributed by atoms with Crippen LogP contribution in [0.15, 0.2) is 18.2 Å². The van der Waals surface area contributed by atoms with Gasteiger partial charge in [0, 0.05) is 40.9 Å². The van der Waals surface area contributed by atoms with Crippen LogP contribution < -0.4 is 15.4 Å². The lowest BCUT2D eigenvalue weighted by molar-refractivity contribution is -0.187. The smallest absolute Gasteiger partial charge is 0.344 e. The molecule has 2 saturated heterocycles. The van der Waals surface area contributed by atoms with Crippen molar-refractivity contribution in [3.63, 3.8) is 0 Å². The van der Waals surface area contributed by atoms with Crippen LogP contribution in [-0.4, -0.2) is 58.3 Å². The van der Waals surface area contributed by atoms with Gasteiger partial charge in [-0.25, -0.2) is 9.18 Å². The van der Waals surface area contributed by atoms with Crippen molar-refractivity contribution in [2.45, 2.75) is 153 Å². The Morgan fingerprint density at radius 3 is 1.90 bits per heavy atom. The number of carbonyl (C=O) groups is 1. The molecule has 1 aromatic rings. The molecule has 1 saturated carbocycles. The van der Waals surface area contributed by atoms with Gasteiger partial charge in [0.15, 0.2) is 24.5 Å². The highest BCUT2D eigenvalue weighted by atomic mass is 19.1. The first-order valence-electron chi connectivity index (χ1n) is 15.4. The summed E-state index contributed by atoms with van der Waals surface area (Å²) in [5, 5.41) is 18.1. The van der Waals surface area contributed by atoms with Crippen molar-refractivity contribution in [3.05, 3.63) is 29.6 Å². The van der Waals surface area contributed by atoms with E-state index in [1.165, 1.54) is 6.07 Å². The third-order valence-electron chi connectivity index (χ3n) is 8.88. The molecule has 2 heterocycles. The van der Waals surface area contributed by atoms with Gasteiger partial charge in [0.2, 0.25) is 0 Å². The molecule has 0 radical (unpaired) electrons. The van der Waals surface area contributed by atoms with Crippen molar-refractivity contribution in [3.8, 4) is 5.75 Å². The van der Waals surface area contributed by atoms with Gasteiger partial charge >= 0.3 is 5.97 Å². The summed E-state index contributed by atoms with van der Waals surface area (Å²) in [5.41, 5.74) is 0.576.